The van der Waals surface area contributed by atoms with E-state index in [9.17, 15) is 9.59 Å². The number of piperidine rings is 1. The topological polar surface area (TPSA) is 70.7 Å². The number of benzene rings is 2. The first-order chi connectivity index (χ1) is 19.6. The largest absolute Gasteiger partial charge is 0.369 e. The molecule has 0 saturated carbocycles. The van der Waals surface area contributed by atoms with Gasteiger partial charge in [0.1, 0.15) is 12.1 Å². The monoisotopic (exact) mass is 563 g/mol. The number of anilines is 2. The second-order valence-corrected chi connectivity index (χ2v) is 12.5. The van der Waals surface area contributed by atoms with Gasteiger partial charge in [-0.05, 0) is 103 Å². The number of carbonyl (C=O) groups excluding carboxylic acids is 2. The van der Waals surface area contributed by atoms with Crippen molar-refractivity contribution in [3.8, 4) is 0 Å². The lowest BCUT2D eigenvalue weighted by atomic mass is 9.99. The van der Waals surface area contributed by atoms with Gasteiger partial charge in [-0.2, -0.15) is 0 Å². The van der Waals surface area contributed by atoms with Gasteiger partial charge in [0.15, 0.2) is 6.54 Å². The van der Waals surface area contributed by atoms with Crippen molar-refractivity contribution in [2.75, 3.05) is 50.0 Å². The Bertz CT molecular complexity index is 1160. The van der Waals surface area contributed by atoms with E-state index in [1.54, 1.807) is 0 Å². The first-order valence-corrected chi connectivity index (χ1v) is 15.5. The molecular weight excluding hydrogens is 512 g/mol. The summed E-state index contributed by atoms with van der Waals surface area (Å²) >= 11 is 0. The van der Waals surface area contributed by atoms with Crippen molar-refractivity contribution in [2.24, 2.45) is 0 Å². The van der Waals surface area contributed by atoms with Gasteiger partial charge in [0.05, 0.1) is 25.8 Å². The van der Waals surface area contributed by atoms with Crippen LogP contribution in [0.15, 0.2) is 36.4 Å². The highest BCUT2D eigenvalue weighted by atomic mass is 16.5. The number of nitrogens with zero attached hydrogens (tertiary/aromatic N) is 2. The number of quaternary nitrogens is 1. The molecule has 2 aromatic rings. The molecule has 2 aromatic carbocycles. The molecule has 7 nitrogen and oxygen atoms in total. The molecule has 2 fully saturated rings. The van der Waals surface area contributed by atoms with Gasteiger partial charge in [-0.15, -0.1) is 0 Å². The van der Waals surface area contributed by atoms with Gasteiger partial charge in [-0.25, -0.2) is 0 Å². The number of aryl methyl sites for hydroxylation is 4. The van der Waals surface area contributed by atoms with Crippen molar-refractivity contribution in [2.45, 2.75) is 91.8 Å². The quantitative estimate of drug-likeness (QED) is 0.285. The van der Waals surface area contributed by atoms with Gasteiger partial charge >= 0.3 is 0 Å². The Hall–Kier alpha value is -2.74. The summed E-state index contributed by atoms with van der Waals surface area (Å²) in [6.07, 6.45) is 5.14. The minimum atomic E-state index is -0.0877. The van der Waals surface area contributed by atoms with Gasteiger partial charge < -0.3 is 19.9 Å². The molecule has 224 valence electrons. The van der Waals surface area contributed by atoms with E-state index in [-0.39, 0.29) is 29.9 Å². The molecule has 0 radical (unpaired) electrons. The third-order valence-corrected chi connectivity index (χ3v) is 9.57. The molecule has 2 heterocycles. The number of amides is 2. The van der Waals surface area contributed by atoms with E-state index in [4.69, 9.17) is 4.74 Å². The Labute approximate surface area is 247 Å². The summed E-state index contributed by atoms with van der Waals surface area (Å²) in [4.78, 5) is 29.2. The maximum atomic E-state index is 13.5. The zero-order chi connectivity index (χ0) is 29.6. The maximum absolute atomic E-state index is 13.5. The molecule has 7 heteroatoms. The molecule has 2 saturated heterocycles. The van der Waals surface area contributed by atoms with Gasteiger partial charge in [0.2, 0.25) is 5.91 Å². The van der Waals surface area contributed by atoms with Crippen LogP contribution < -0.4 is 10.6 Å². The van der Waals surface area contributed by atoms with E-state index < -0.39 is 0 Å². The number of morpholine rings is 1. The molecule has 3 unspecified atom stereocenters. The van der Waals surface area contributed by atoms with Crippen LogP contribution in [0.5, 0.6) is 0 Å². The fraction of sp³-hybridized carbons (Fsp3) is 0.588. The van der Waals surface area contributed by atoms with Crippen molar-refractivity contribution in [1.82, 2.24) is 4.90 Å². The number of unbranched alkanes of at least 4 members (excludes halogenated alkanes) is 1. The lowest BCUT2D eigenvalue weighted by Crippen LogP contribution is -2.67. The van der Waals surface area contributed by atoms with Crippen molar-refractivity contribution >= 4 is 23.2 Å². The zero-order valence-corrected chi connectivity index (χ0v) is 26.1. The second kappa shape index (κ2) is 14.0. The molecule has 3 atom stereocenters. The van der Waals surface area contributed by atoms with Crippen LogP contribution >= 0.6 is 0 Å². The van der Waals surface area contributed by atoms with Gasteiger partial charge in [0, 0.05) is 11.4 Å². The van der Waals surface area contributed by atoms with Gasteiger partial charge in [-0.1, -0.05) is 42.8 Å². The normalized spacial score (nSPS) is 25.1. The number of carbonyl (C=O) groups is 2. The summed E-state index contributed by atoms with van der Waals surface area (Å²) in [7, 11) is 0. The lowest BCUT2D eigenvalue weighted by Gasteiger charge is -2.50. The van der Waals surface area contributed by atoms with Crippen LogP contribution in [0.1, 0.15) is 68.2 Å². The molecule has 2 aliphatic rings. The maximum Gasteiger partial charge on any atom is 0.279 e. The second-order valence-electron chi connectivity index (χ2n) is 12.5. The molecule has 2 aliphatic heterocycles. The molecule has 0 bridgehead atoms. The summed E-state index contributed by atoms with van der Waals surface area (Å²) < 4.78 is 6.64. The lowest BCUT2D eigenvalue weighted by molar-refractivity contribution is -0.971. The third kappa shape index (κ3) is 7.37. The van der Waals surface area contributed by atoms with Crippen molar-refractivity contribution in [1.29, 1.82) is 0 Å². The number of hydrogen-bond donors (Lipinski definition) is 2. The molecule has 0 spiro atoms. The van der Waals surface area contributed by atoms with Crippen molar-refractivity contribution < 1.29 is 18.8 Å². The van der Waals surface area contributed by atoms with Crippen molar-refractivity contribution in [3.63, 3.8) is 0 Å². The zero-order valence-electron chi connectivity index (χ0n) is 26.1. The highest BCUT2D eigenvalue weighted by molar-refractivity contribution is 5.96. The van der Waals surface area contributed by atoms with E-state index in [0.717, 1.165) is 89.8 Å². The Morgan fingerprint density at radius 2 is 1.41 bits per heavy atom. The van der Waals surface area contributed by atoms with E-state index in [1.165, 1.54) is 0 Å². The smallest absolute Gasteiger partial charge is 0.279 e. The number of ether oxygens (including phenoxy) is 1. The molecule has 0 aliphatic carbocycles. The van der Waals surface area contributed by atoms with Crippen molar-refractivity contribution in [3.05, 3.63) is 58.7 Å². The fourth-order valence-electron chi connectivity index (χ4n) is 6.92. The van der Waals surface area contributed by atoms with Crippen LogP contribution in [0.25, 0.3) is 0 Å². The van der Waals surface area contributed by atoms with Crippen LogP contribution in [0.3, 0.4) is 0 Å². The minimum Gasteiger partial charge on any atom is -0.369 e. The summed E-state index contributed by atoms with van der Waals surface area (Å²) in [5, 5.41) is 6.48. The van der Waals surface area contributed by atoms with Crippen LogP contribution in [-0.2, 0) is 14.3 Å². The molecule has 41 heavy (non-hydrogen) atoms. The Morgan fingerprint density at radius 3 is 2.00 bits per heavy atom. The Balaban J connectivity index is 1.38. The average molecular weight is 564 g/mol. The molecule has 2 amide bonds. The highest BCUT2D eigenvalue weighted by Crippen LogP contribution is 2.28. The molecular formula is C34H51N4O3+. The van der Waals surface area contributed by atoms with E-state index in [0.29, 0.717) is 19.8 Å². The number of likely N-dealkylation sites (tertiary alicyclic amines) is 1. The van der Waals surface area contributed by atoms with Crippen LogP contribution in [0, 0.1) is 27.7 Å². The predicted molar refractivity (Wildman–Crippen MR) is 167 cm³/mol. The van der Waals surface area contributed by atoms with Crippen LogP contribution in [0.2, 0.25) is 0 Å². The minimum absolute atomic E-state index is 0.0715. The standard InChI is InChI=1S/C34H50N4O3/c1-24-13-11-14-25(2)32(24)35-31(39)21-38(28(5)22-41-23-29(38)6)20-10-9-19-37-18-8-7-17-30(37)34(40)36-33-26(3)15-12-16-27(33)4/h11-16,28-30H,7-10,17-23H2,1-6H3,(H-,35,36,39,40)/p+1. The SMILES string of the molecule is Cc1cccc(C)c1NC(=O)C[N+]1(CCCCN2CCCCC2C(=O)Nc2c(C)cccc2C)C(C)COCC1C. The fourth-order valence-corrected chi connectivity index (χ4v) is 6.92. The summed E-state index contributed by atoms with van der Waals surface area (Å²) in [5.74, 6) is 0.187. The Morgan fingerprint density at radius 1 is 0.854 bits per heavy atom. The highest BCUT2D eigenvalue weighted by Gasteiger charge is 2.44. The summed E-state index contributed by atoms with van der Waals surface area (Å²) in [6.45, 7) is 17.2. The first kappa shape index (κ1) is 31.2. The number of rotatable bonds is 10. The van der Waals surface area contributed by atoms with E-state index in [1.807, 2.05) is 38.1 Å². The van der Waals surface area contributed by atoms with Crippen LogP contribution in [0.4, 0.5) is 11.4 Å². The summed E-state index contributed by atoms with van der Waals surface area (Å²) in [6, 6.07) is 12.7. The number of para-hydroxylation sites is 2. The first-order valence-electron chi connectivity index (χ1n) is 15.5. The number of hydrogen-bond acceptors (Lipinski definition) is 4. The van der Waals surface area contributed by atoms with E-state index in [2.05, 4.69) is 55.4 Å². The molecule has 4 rings (SSSR count). The Kier molecular flexibility index (Phi) is 10.6. The predicted octanol–water partition coefficient (Wildman–Crippen LogP) is 5.76. The van der Waals surface area contributed by atoms with Gasteiger partial charge in [-0.3, -0.25) is 14.5 Å². The molecule has 0 aromatic heterocycles. The summed E-state index contributed by atoms with van der Waals surface area (Å²) in [5.41, 5.74) is 6.26. The number of nitrogens with one attached hydrogen (secondary N) is 2. The molecule has 2 N–H and O–H groups in total. The van der Waals surface area contributed by atoms with Gasteiger partial charge in [0.25, 0.3) is 5.91 Å². The third-order valence-electron chi connectivity index (χ3n) is 9.57. The van der Waals surface area contributed by atoms with E-state index >= 15 is 0 Å². The van der Waals surface area contributed by atoms with Crippen LogP contribution in [-0.4, -0.2) is 78.7 Å². The average Bonchev–Trinajstić information content (AvgIpc) is 2.94.